The van der Waals surface area contributed by atoms with Crippen LogP contribution in [0.2, 0.25) is 0 Å². The van der Waals surface area contributed by atoms with Crippen LogP contribution in [0.4, 0.5) is 0 Å². The number of amides is 1. The number of carbonyl (C=O) groups is 1. The van der Waals surface area contributed by atoms with E-state index < -0.39 is 0 Å². The summed E-state index contributed by atoms with van der Waals surface area (Å²) < 4.78 is 12.4. The Hall–Kier alpha value is -1.83. The van der Waals surface area contributed by atoms with Crippen LogP contribution < -0.4 is 14.8 Å². The van der Waals surface area contributed by atoms with Crippen molar-refractivity contribution < 1.29 is 24.5 Å². The fraction of sp³-hybridized carbons (Fsp3) is 0.816. The van der Waals surface area contributed by atoms with Gasteiger partial charge in [-0.05, 0) is 44.0 Å². The number of ether oxygens (including phenoxy) is 2. The molecule has 3 N–H and O–H groups in total. The van der Waals surface area contributed by atoms with E-state index in [1.54, 1.807) is 0 Å². The van der Waals surface area contributed by atoms with Crippen molar-refractivity contribution >= 4 is 5.91 Å². The molecule has 1 amide bonds. The molecule has 1 aromatic rings. The van der Waals surface area contributed by atoms with Gasteiger partial charge < -0.3 is 25.0 Å². The third kappa shape index (κ3) is 23.2. The predicted octanol–water partition coefficient (Wildman–Crippen LogP) is 8.69. The highest BCUT2D eigenvalue weighted by molar-refractivity contribution is 5.94. The standard InChI is InChI=1S/C38H70N2O5/c1-3-5-7-9-11-13-15-17-19-21-32-44-36-25-24-35(38(43)39-26-23-27-40(28-30-41)29-31-42)34-37(36)45-33-22-20-18-16-14-12-10-8-6-4-2/h24-25,34,41-42H,3-23,26-33H2,1-2H3,(H,39,43). The van der Waals surface area contributed by atoms with E-state index in [0.29, 0.717) is 50.7 Å². The van der Waals surface area contributed by atoms with Crippen molar-refractivity contribution in [2.45, 2.75) is 149 Å². The molecule has 0 saturated heterocycles. The number of carbonyl (C=O) groups excluding carboxylic acids is 1. The number of nitrogens with one attached hydrogen (secondary N) is 1. The number of aliphatic hydroxyl groups excluding tert-OH is 2. The SMILES string of the molecule is CCCCCCCCCCCCOc1ccc(C(=O)NCCCN(CCO)CCO)cc1OCCCCCCCCCCCC. The average Bonchev–Trinajstić information content (AvgIpc) is 3.05. The first-order chi connectivity index (χ1) is 22.2. The molecule has 0 atom stereocenters. The van der Waals surface area contributed by atoms with Crippen LogP contribution >= 0.6 is 0 Å². The number of aliphatic hydroxyl groups is 2. The summed E-state index contributed by atoms with van der Waals surface area (Å²) in [6.45, 7) is 8.21. The van der Waals surface area contributed by atoms with Crippen LogP contribution in [0.1, 0.15) is 159 Å². The van der Waals surface area contributed by atoms with Gasteiger partial charge in [-0.3, -0.25) is 9.69 Å². The number of rotatable bonds is 33. The lowest BCUT2D eigenvalue weighted by Crippen LogP contribution is -2.33. The summed E-state index contributed by atoms with van der Waals surface area (Å²) in [6, 6.07) is 5.52. The summed E-state index contributed by atoms with van der Waals surface area (Å²) in [6.07, 6.45) is 26.5. The normalized spacial score (nSPS) is 11.3. The molecular weight excluding hydrogens is 564 g/mol. The molecule has 0 spiro atoms. The van der Waals surface area contributed by atoms with Gasteiger partial charge in [-0.15, -0.1) is 0 Å². The third-order valence-electron chi connectivity index (χ3n) is 8.49. The van der Waals surface area contributed by atoms with Gasteiger partial charge in [0, 0.05) is 25.2 Å². The monoisotopic (exact) mass is 635 g/mol. The van der Waals surface area contributed by atoms with Crippen LogP contribution in [0.15, 0.2) is 18.2 Å². The van der Waals surface area contributed by atoms with Gasteiger partial charge in [-0.1, -0.05) is 129 Å². The highest BCUT2D eigenvalue weighted by atomic mass is 16.5. The Bertz CT molecular complexity index is 800. The number of nitrogens with zero attached hydrogens (tertiary/aromatic N) is 1. The van der Waals surface area contributed by atoms with Gasteiger partial charge in [0.05, 0.1) is 26.4 Å². The molecule has 1 aromatic carbocycles. The van der Waals surface area contributed by atoms with Crippen molar-refractivity contribution in [1.82, 2.24) is 10.2 Å². The molecular formula is C38H70N2O5. The van der Waals surface area contributed by atoms with E-state index in [0.717, 1.165) is 31.4 Å². The van der Waals surface area contributed by atoms with Crippen LogP contribution in [-0.4, -0.2) is 73.6 Å². The maximum atomic E-state index is 12.9. The van der Waals surface area contributed by atoms with E-state index in [1.807, 2.05) is 23.1 Å². The van der Waals surface area contributed by atoms with E-state index in [4.69, 9.17) is 9.47 Å². The van der Waals surface area contributed by atoms with E-state index >= 15 is 0 Å². The minimum atomic E-state index is -0.129. The van der Waals surface area contributed by atoms with Gasteiger partial charge in [-0.2, -0.15) is 0 Å². The van der Waals surface area contributed by atoms with Gasteiger partial charge in [0.25, 0.3) is 5.91 Å². The second-order valence-electron chi connectivity index (χ2n) is 12.6. The summed E-state index contributed by atoms with van der Waals surface area (Å²) in [5.41, 5.74) is 0.571. The van der Waals surface area contributed by atoms with Crippen molar-refractivity contribution in [3.8, 4) is 11.5 Å². The van der Waals surface area contributed by atoms with E-state index in [9.17, 15) is 15.0 Å². The minimum absolute atomic E-state index is 0.0574. The van der Waals surface area contributed by atoms with Gasteiger partial charge in [0.2, 0.25) is 0 Å². The van der Waals surface area contributed by atoms with Crippen molar-refractivity contribution in [2.75, 3.05) is 52.6 Å². The first-order valence-corrected chi connectivity index (χ1v) is 18.8. The smallest absolute Gasteiger partial charge is 0.251 e. The zero-order valence-corrected chi connectivity index (χ0v) is 29.3. The molecule has 0 saturated carbocycles. The number of unbranched alkanes of at least 4 members (excludes halogenated alkanes) is 18. The summed E-state index contributed by atoms with van der Waals surface area (Å²) in [5.74, 6) is 1.25. The lowest BCUT2D eigenvalue weighted by Gasteiger charge is -2.20. The summed E-state index contributed by atoms with van der Waals surface area (Å²) in [4.78, 5) is 14.9. The molecule has 0 heterocycles. The Morgan fingerprint density at radius 2 is 1.04 bits per heavy atom. The molecule has 7 nitrogen and oxygen atoms in total. The molecule has 45 heavy (non-hydrogen) atoms. The van der Waals surface area contributed by atoms with Crippen LogP contribution in [0.3, 0.4) is 0 Å². The first-order valence-electron chi connectivity index (χ1n) is 18.8. The number of benzene rings is 1. The minimum Gasteiger partial charge on any atom is -0.490 e. The number of hydrogen-bond donors (Lipinski definition) is 3. The maximum absolute atomic E-state index is 12.9. The Labute approximate surface area is 276 Å². The average molecular weight is 635 g/mol. The molecule has 0 aromatic heterocycles. The third-order valence-corrected chi connectivity index (χ3v) is 8.49. The molecule has 7 heteroatoms. The lowest BCUT2D eigenvalue weighted by molar-refractivity contribution is 0.0949. The molecule has 262 valence electrons. The maximum Gasteiger partial charge on any atom is 0.251 e. The molecule has 0 fully saturated rings. The highest BCUT2D eigenvalue weighted by Gasteiger charge is 2.13. The van der Waals surface area contributed by atoms with Crippen molar-refractivity contribution in [2.24, 2.45) is 0 Å². The van der Waals surface area contributed by atoms with E-state index in [-0.39, 0.29) is 19.1 Å². The highest BCUT2D eigenvalue weighted by Crippen LogP contribution is 2.29. The Balaban J connectivity index is 2.50. The van der Waals surface area contributed by atoms with Crippen LogP contribution in [0.5, 0.6) is 11.5 Å². The summed E-state index contributed by atoms with van der Waals surface area (Å²) in [7, 11) is 0. The van der Waals surface area contributed by atoms with Crippen molar-refractivity contribution in [1.29, 1.82) is 0 Å². The van der Waals surface area contributed by atoms with Crippen LogP contribution in [0, 0.1) is 0 Å². The Kier molecular flexibility index (Phi) is 28.2. The second-order valence-corrected chi connectivity index (χ2v) is 12.6. The van der Waals surface area contributed by atoms with E-state index in [1.165, 1.54) is 109 Å². The largest absolute Gasteiger partial charge is 0.490 e. The Morgan fingerprint density at radius 1 is 0.600 bits per heavy atom. The van der Waals surface area contributed by atoms with Crippen molar-refractivity contribution in [3.05, 3.63) is 23.8 Å². The molecule has 0 aliphatic carbocycles. The Morgan fingerprint density at radius 3 is 1.51 bits per heavy atom. The summed E-state index contributed by atoms with van der Waals surface area (Å²) in [5, 5.41) is 21.4. The van der Waals surface area contributed by atoms with Crippen molar-refractivity contribution in [3.63, 3.8) is 0 Å². The zero-order valence-electron chi connectivity index (χ0n) is 29.3. The van der Waals surface area contributed by atoms with E-state index in [2.05, 4.69) is 19.2 Å². The lowest BCUT2D eigenvalue weighted by atomic mass is 10.1. The second kappa shape index (κ2) is 30.8. The predicted molar refractivity (Wildman–Crippen MR) is 189 cm³/mol. The molecule has 0 radical (unpaired) electrons. The summed E-state index contributed by atoms with van der Waals surface area (Å²) >= 11 is 0. The van der Waals surface area contributed by atoms with Crippen LogP contribution in [-0.2, 0) is 0 Å². The van der Waals surface area contributed by atoms with Gasteiger partial charge >= 0.3 is 0 Å². The molecule has 1 rings (SSSR count). The molecule has 0 bridgehead atoms. The van der Waals surface area contributed by atoms with Gasteiger partial charge in [-0.25, -0.2) is 0 Å². The van der Waals surface area contributed by atoms with Gasteiger partial charge in [0.1, 0.15) is 0 Å². The fourth-order valence-electron chi connectivity index (χ4n) is 5.65. The number of hydrogen-bond acceptors (Lipinski definition) is 6. The molecule has 0 aliphatic heterocycles. The zero-order chi connectivity index (χ0) is 32.6. The topological polar surface area (TPSA) is 91.3 Å². The first kappa shape index (κ1) is 41.2. The fourth-order valence-corrected chi connectivity index (χ4v) is 5.65. The molecule has 0 aliphatic rings. The quantitative estimate of drug-likeness (QED) is 0.0670. The molecule has 0 unspecified atom stereocenters. The van der Waals surface area contributed by atoms with Gasteiger partial charge in [0.15, 0.2) is 11.5 Å². The van der Waals surface area contributed by atoms with Crippen LogP contribution in [0.25, 0.3) is 0 Å².